The van der Waals surface area contributed by atoms with Crippen LogP contribution in [0.2, 0.25) is 0 Å². The second-order valence-electron chi connectivity index (χ2n) is 2.81. The number of carbonyl (C=O) groups excluding carboxylic acids is 2. The zero-order valence-corrected chi connectivity index (χ0v) is 8.97. The third kappa shape index (κ3) is 2.42. The molecule has 1 atom stereocenters. The molecule has 1 unspecified atom stereocenters. The molecule has 0 amide bonds. The number of thiophene rings is 1. The molecule has 0 aliphatic carbocycles. The fourth-order valence-corrected chi connectivity index (χ4v) is 2.01. The van der Waals surface area contributed by atoms with Crippen LogP contribution in [0.4, 0.5) is 0 Å². The quantitative estimate of drug-likeness (QED) is 0.435. The zero-order chi connectivity index (χ0) is 10.6. The van der Waals surface area contributed by atoms with Gasteiger partial charge in [-0.1, -0.05) is 0 Å². The van der Waals surface area contributed by atoms with Crippen LogP contribution >= 0.6 is 11.3 Å². The molecule has 0 N–H and O–H groups in total. The average Bonchev–Trinajstić information content (AvgIpc) is 2.54. The Kier molecular flexibility index (Phi) is 3.83. The summed E-state index contributed by atoms with van der Waals surface area (Å²) in [5, 5.41) is 0. The minimum Gasteiger partial charge on any atom is -0.465 e. The minimum absolute atomic E-state index is 0.299. The molecule has 14 heavy (non-hydrogen) atoms. The third-order valence-corrected chi connectivity index (χ3v) is 2.83. The second-order valence-corrected chi connectivity index (χ2v) is 4.13. The van der Waals surface area contributed by atoms with Crippen LogP contribution in [0.3, 0.4) is 0 Å². The molecular formula is C10H12O3S. The number of hydrogen-bond donors (Lipinski definition) is 0. The summed E-state index contributed by atoms with van der Waals surface area (Å²) in [4.78, 5) is 23.9. The molecule has 1 aromatic heterocycles. The summed E-state index contributed by atoms with van der Waals surface area (Å²) in [5.74, 6) is -1.22. The summed E-state index contributed by atoms with van der Waals surface area (Å²) in [6, 6.07) is 3.67. The van der Waals surface area contributed by atoms with Gasteiger partial charge in [0.15, 0.2) is 0 Å². The maximum absolute atomic E-state index is 11.3. The molecule has 3 nitrogen and oxygen atoms in total. The summed E-state index contributed by atoms with van der Waals surface area (Å²) >= 11 is 1.44. The standard InChI is InChI=1S/C10H12O3S/c1-3-13-10(12)8(6-11)9-5-4-7(2)14-9/h4-6,8H,3H2,1-2H3. The molecule has 0 saturated heterocycles. The Bertz CT molecular complexity index is 330. The molecule has 0 aliphatic rings. The van der Waals surface area contributed by atoms with E-state index in [2.05, 4.69) is 0 Å². The highest BCUT2D eigenvalue weighted by Gasteiger charge is 2.22. The highest BCUT2D eigenvalue weighted by atomic mass is 32.1. The fourth-order valence-electron chi connectivity index (χ4n) is 1.09. The second kappa shape index (κ2) is 4.91. The van der Waals surface area contributed by atoms with E-state index >= 15 is 0 Å². The number of aryl methyl sites for hydroxylation is 1. The van der Waals surface area contributed by atoms with Gasteiger partial charge < -0.3 is 9.53 Å². The number of aldehydes is 1. The van der Waals surface area contributed by atoms with Gasteiger partial charge in [-0.25, -0.2) is 0 Å². The Hall–Kier alpha value is -1.16. The van der Waals surface area contributed by atoms with E-state index < -0.39 is 11.9 Å². The van der Waals surface area contributed by atoms with Crippen LogP contribution in [0.15, 0.2) is 12.1 Å². The largest absolute Gasteiger partial charge is 0.465 e. The topological polar surface area (TPSA) is 43.4 Å². The summed E-state index contributed by atoms with van der Waals surface area (Å²) in [5.41, 5.74) is 0. The van der Waals surface area contributed by atoms with E-state index in [1.165, 1.54) is 11.3 Å². The first kappa shape index (κ1) is 10.9. The van der Waals surface area contributed by atoms with Gasteiger partial charge in [0, 0.05) is 9.75 Å². The van der Waals surface area contributed by atoms with Gasteiger partial charge in [0.1, 0.15) is 12.2 Å². The van der Waals surface area contributed by atoms with Crippen LogP contribution in [0.25, 0.3) is 0 Å². The van der Waals surface area contributed by atoms with Crippen molar-refractivity contribution in [2.45, 2.75) is 19.8 Å². The fraction of sp³-hybridized carbons (Fsp3) is 0.400. The van der Waals surface area contributed by atoms with E-state index in [0.717, 1.165) is 9.75 Å². The van der Waals surface area contributed by atoms with Crippen LogP contribution in [0.5, 0.6) is 0 Å². The van der Waals surface area contributed by atoms with Gasteiger partial charge in [0.2, 0.25) is 0 Å². The predicted molar refractivity (Wildman–Crippen MR) is 54.5 cm³/mol. The van der Waals surface area contributed by atoms with Crippen molar-refractivity contribution >= 4 is 23.6 Å². The predicted octanol–water partition coefficient (Wildman–Crippen LogP) is 1.90. The SMILES string of the molecule is CCOC(=O)C(C=O)c1ccc(C)s1. The van der Waals surface area contributed by atoms with Crippen molar-refractivity contribution in [3.63, 3.8) is 0 Å². The number of esters is 1. The molecular weight excluding hydrogens is 200 g/mol. The Labute approximate surface area is 86.7 Å². The lowest BCUT2D eigenvalue weighted by Gasteiger charge is -2.06. The maximum atomic E-state index is 11.3. The molecule has 76 valence electrons. The van der Waals surface area contributed by atoms with Gasteiger partial charge in [-0.2, -0.15) is 0 Å². The summed E-state index contributed by atoms with van der Waals surface area (Å²) < 4.78 is 4.80. The summed E-state index contributed by atoms with van der Waals surface area (Å²) in [6.07, 6.45) is 0.628. The molecule has 1 rings (SSSR count). The molecule has 0 aliphatic heterocycles. The number of carbonyl (C=O) groups is 2. The lowest BCUT2D eigenvalue weighted by atomic mass is 10.1. The normalized spacial score (nSPS) is 12.1. The van der Waals surface area contributed by atoms with Gasteiger partial charge in [0.05, 0.1) is 6.61 Å². The third-order valence-electron chi connectivity index (χ3n) is 1.74. The van der Waals surface area contributed by atoms with Crippen molar-refractivity contribution in [3.8, 4) is 0 Å². The summed E-state index contributed by atoms with van der Waals surface area (Å²) in [6.45, 7) is 3.95. The van der Waals surface area contributed by atoms with Crippen molar-refractivity contribution in [1.82, 2.24) is 0 Å². The maximum Gasteiger partial charge on any atom is 0.321 e. The van der Waals surface area contributed by atoms with E-state index in [-0.39, 0.29) is 0 Å². The Morgan fingerprint density at radius 2 is 2.36 bits per heavy atom. The van der Waals surface area contributed by atoms with Crippen molar-refractivity contribution in [2.24, 2.45) is 0 Å². The van der Waals surface area contributed by atoms with E-state index in [4.69, 9.17) is 4.74 Å². The van der Waals surface area contributed by atoms with Gasteiger partial charge in [-0.15, -0.1) is 11.3 Å². The van der Waals surface area contributed by atoms with Gasteiger partial charge in [-0.3, -0.25) is 4.79 Å². The van der Waals surface area contributed by atoms with Crippen LogP contribution in [-0.4, -0.2) is 18.9 Å². The lowest BCUT2D eigenvalue weighted by Crippen LogP contribution is -2.15. The van der Waals surface area contributed by atoms with Crippen LogP contribution in [-0.2, 0) is 14.3 Å². The van der Waals surface area contributed by atoms with Crippen molar-refractivity contribution < 1.29 is 14.3 Å². The highest BCUT2D eigenvalue weighted by molar-refractivity contribution is 7.12. The van der Waals surface area contributed by atoms with Crippen LogP contribution < -0.4 is 0 Å². The van der Waals surface area contributed by atoms with E-state index in [1.807, 2.05) is 13.0 Å². The first-order chi connectivity index (χ1) is 6.69. The highest BCUT2D eigenvalue weighted by Crippen LogP contribution is 2.24. The molecule has 0 saturated carbocycles. The molecule has 4 heteroatoms. The van der Waals surface area contributed by atoms with Crippen molar-refractivity contribution in [3.05, 3.63) is 21.9 Å². The Morgan fingerprint density at radius 3 is 2.79 bits per heavy atom. The monoisotopic (exact) mass is 212 g/mol. The molecule has 0 spiro atoms. The first-order valence-corrected chi connectivity index (χ1v) is 5.19. The Morgan fingerprint density at radius 1 is 1.64 bits per heavy atom. The van der Waals surface area contributed by atoms with Crippen LogP contribution in [0.1, 0.15) is 22.6 Å². The molecule has 0 aromatic carbocycles. The van der Waals surface area contributed by atoms with Gasteiger partial charge >= 0.3 is 5.97 Å². The average molecular weight is 212 g/mol. The summed E-state index contributed by atoms with van der Waals surface area (Å²) in [7, 11) is 0. The Balaban J connectivity index is 2.81. The molecule has 0 bridgehead atoms. The van der Waals surface area contributed by atoms with E-state index in [9.17, 15) is 9.59 Å². The van der Waals surface area contributed by atoms with Gasteiger partial charge in [0.25, 0.3) is 0 Å². The minimum atomic E-state index is -0.756. The molecule has 0 fully saturated rings. The van der Waals surface area contributed by atoms with Crippen molar-refractivity contribution in [2.75, 3.05) is 6.61 Å². The smallest absolute Gasteiger partial charge is 0.321 e. The molecule has 0 radical (unpaired) electrons. The number of ether oxygens (including phenoxy) is 1. The lowest BCUT2D eigenvalue weighted by molar-refractivity contribution is -0.145. The zero-order valence-electron chi connectivity index (χ0n) is 8.15. The number of rotatable bonds is 4. The van der Waals surface area contributed by atoms with E-state index in [1.54, 1.807) is 13.0 Å². The van der Waals surface area contributed by atoms with Crippen LogP contribution in [0, 0.1) is 6.92 Å². The first-order valence-electron chi connectivity index (χ1n) is 4.37. The molecule has 1 aromatic rings. The van der Waals surface area contributed by atoms with Gasteiger partial charge in [-0.05, 0) is 26.0 Å². The molecule has 1 heterocycles. The number of hydrogen-bond acceptors (Lipinski definition) is 4. The van der Waals surface area contributed by atoms with E-state index in [0.29, 0.717) is 12.9 Å². The van der Waals surface area contributed by atoms with Crippen molar-refractivity contribution in [1.29, 1.82) is 0 Å².